The fraction of sp³-hybridized carbons (Fsp3) is 0.375. The van der Waals surface area contributed by atoms with Crippen LogP contribution in [0.1, 0.15) is 36.1 Å². The second-order valence-electron chi connectivity index (χ2n) is 7.95. The van der Waals surface area contributed by atoms with Crippen molar-refractivity contribution in [1.82, 2.24) is 24.8 Å². The van der Waals surface area contributed by atoms with E-state index in [4.69, 9.17) is 16.3 Å². The maximum absolute atomic E-state index is 13.3. The lowest BCUT2D eigenvalue weighted by Crippen LogP contribution is -2.50. The van der Waals surface area contributed by atoms with E-state index in [-0.39, 0.29) is 19.2 Å². The van der Waals surface area contributed by atoms with Crippen molar-refractivity contribution in [3.8, 4) is 5.75 Å². The first-order valence-corrected chi connectivity index (χ1v) is 12.9. The third-order valence-electron chi connectivity index (χ3n) is 5.48. The van der Waals surface area contributed by atoms with Gasteiger partial charge in [0.05, 0.1) is 23.1 Å². The number of carbonyl (C=O) groups is 2. The van der Waals surface area contributed by atoms with Gasteiger partial charge in [-0.05, 0) is 31.5 Å². The second-order valence-corrected chi connectivity index (χ2v) is 10.7. The Balaban J connectivity index is 0.00000361. The summed E-state index contributed by atoms with van der Waals surface area (Å²) in [5.41, 5.74) is 1.50. The van der Waals surface area contributed by atoms with Gasteiger partial charge in [0.15, 0.2) is 5.13 Å². The van der Waals surface area contributed by atoms with E-state index in [1.54, 1.807) is 43.0 Å². The van der Waals surface area contributed by atoms with E-state index < -0.39 is 0 Å². The SMILES string of the molecule is C.COc1cc(C)c(Sc2cnc(Nc3cc(Cl)nc(C)n3)s2)cc1C(=O)N1CCN(C(C)=O)CC1. The molecule has 12 heteroatoms. The molecule has 1 aromatic carbocycles. The lowest BCUT2D eigenvalue weighted by Gasteiger charge is -2.34. The molecule has 36 heavy (non-hydrogen) atoms. The van der Waals surface area contributed by atoms with Crippen molar-refractivity contribution in [3.63, 3.8) is 0 Å². The largest absolute Gasteiger partial charge is 0.496 e. The molecule has 0 radical (unpaired) electrons. The topological polar surface area (TPSA) is 101 Å². The van der Waals surface area contributed by atoms with Crippen LogP contribution in [0.25, 0.3) is 0 Å². The summed E-state index contributed by atoms with van der Waals surface area (Å²) in [6, 6.07) is 5.40. The molecule has 1 fully saturated rings. The highest BCUT2D eigenvalue weighted by Gasteiger charge is 2.26. The molecule has 1 saturated heterocycles. The average molecular weight is 549 g/mol. The number of nitrogens with zero attached hydrogens (tertiary/aromatic N) is 5. The van der Waals surface area contributed by atoms with Crippen LogP contribution in [0.15, 0.2) is 33.5 Å². The van der Waals surface area contributed by atoms with E-state index >= 15 is 0 Å². The number of benzene rings is 1. The van der Waals surface area contributed by atoms with Crippen molar-refractivity contribution in [3.05, 3.63) is 46.5 Å². The van der Waals surface area contributed by atoms with Crippen molar-refractivity contribution >= 4 is 57.5 Å². The summed E-state index contributed by atoms with van der Waals surface area (Å²) in [7, 11) is 1.56. The zero-order valence-corrected chi connectivity index (χ0v) is 22.2. The molecule has 0 aliphatic carbocycles. The van der Waals surface area contributed by atoms with Crippen LogP contribution in [0.3, 0.4) is 0 Å². The van der Waals surface area contributed by atoms with Crippen LogP contribution in [-0.2, 0) is 4.79 Å². The molecule has 2 aromatic heterocycles. The van der Waals surface area contributed by atoms with Gasteiger partial charge < -0.3 is 19.9 Å². The van der Waals surface area contributed by atoms with Crippen LogP contribution < -0.4 is 10.1 Å². The lowest BCUT2D eigenvalue weighted by molar-refractivity contribution is -0.130. The highest BCUT2D eigenvalue weighted by atomic mass is 35.5. The third kappa shape index (κ3) is 6.45. The number of methoxy groups -OCH3 is 1. The Labute approximate surface area is 224 Å². The predicted octanol–water partition coefficient (Wildman–Crippen LogP) is 5.05. The molecule has 1 aliphatic rings. The zero-order chi connectivity index (χ0) is 25.1. The van der Waals surface area contributed by atoms with E-state index in [1.807, 2.05) is 19.1 Å². The maximum Gasteiger partial charge on any atom is 0.257 e. The van der Waals surface area contributed by atoms with Gasteiger partial charge in [-0.3, -0.25) is 9.59 Å². The van der Waals surface area contributed by atoms with E-state index in [0.717, 1.165) is 14.7 Å². The van der Waals surface area contributed by atoms with Crippen LogP contribution in [-0.4, -0.2) is 69.9 Å². The van der Waals surface area contributed by atoms with Crippen LogP contribution in [0.5, 0.6) is 5.75 Å². The van der Waals surface area contributed by atoms with E-state index in [2.05, 4.69) is 20.3 Å². The van der Waals surface area contributed by atoms with Gasteiger partial charge in [0.25, 0.3) is 5.91 Å². The molecule has 0 saturated carbocycles. The summed E-state index contributed by atoms with van der Waals surface area (Å²) in [6.07, 6.45) is 1.78. The minimum absolute atomic E-state index is 0. The smallest absolute Gasteiger partial charge is 0.257 e. The fourth-order valence-corrected chi connectivity index (χ4v) is 5.85. The second kappa shape index (κ2) is 11.9. The Kier molecular flexibility index (Phi) is 9.15. The number of aromatic nitrogens is 3. The maximum atomic E-state index is 13.3. The predicted molar refractivity (Wildman–Crippen MR) is 144 cm³/mol. The minimum atomic E-state index is -0.102. The first kappa shape index (κ1) is 27.7. The molecular weight excluding hydrogens is 520 g/mol. The average Bonchev–Trinajstić information content (AvgIpc) is 3.25. The number of halogens is 1. The van der Waals surface area contributed by atoms with Crippen molar-refractivity contribution in [2.45, 2.75) is 37.3 Å². The molecule has 1 aliphatic heterocycles. The van der Waals surface area contributed by atoms with Gasteiger partial charge in [-0.1, -0.05) is 42.1 Å². The number of hydrogen-bond acceptors (Lipinski definition) is 9. The normalized spacial score (nSPS) is 13.2. The summed E-state index contributed by atoms with van der Waals surface area (Å²) in [6.45, 7) is 7.36. The Morgan fingerprint density at radius 2 is 1.81 bits per heavy atom. The Morgan fingerprint density at radius 1 is 1.11 bits per heavy atom. The molecule has 3 heterocycles. The third-order valence-corrected chi connectivity index (χ3v) is 7.84. The number of aryl methyl sites for hydroxylation is 2. The fourth-order valence-electron chi connectivity index (χ4n) is 3.68. The number of anilines is 2. The van der Waals surface area contributed by atoms with Crippen molar-refractivity contribution in [1.29, 1.82) is 0 Å². The molecule has 9 nitrogen and oxygen atoms in total. The molecule has 0 atom stereocenters. The molecule has 192 valence electrons. The monoisotopic (exact) mass is 548 g/mol. The van der Waals surface area contributed by atoms with Crippen molar-refractivity contribution < 1.29 is 14.3 Å². The number of carbonyl (C=O) groups excluding carboxylic acids is 2. The number of thiazole rings is 1. The number of hydrogen-bond donors (Lipinski definition) is 1. The summed E-state index contributed by atoms with van der Waals surface area (Å²) in [4.78, 5) is 42.2. The van der Waals surface area contributed by atoms with Crippen LogP contribution in [0, 0.1) is 13.8 Å². The number of piperazine rings is 1. The zero-order valence-electron chi connectivity index (χ0n) is 19.8. The summed E-state index contributed by atoms with van der Waals surface area (Å²) in [5, 5.41) is 4.19. The van der Waals surface area contributed by atoms with E-state index in [9.17, 15) is 9.59 Å². The quantitative estimate of drug-likeness (QED) is 0.427. The van der Waals surface area contributed by atoms with Gasteiger partial charge in [0, 0.05) is 44.1 Å². The molecule has 2 amide bonds. The summed E-state index contributed by atoms with van der Waals surface area (Å²) in [5.74, 6) is 1.61. The molecule has 0 spiro atoms. The van der Waals surface area contributed by atoms with Crippen molar-refractivity contribution in [2.75, 3.05) is 38.6 Å². The molecule has 1 N–H and O–H groups in total. The van der Waals surface area contributed by atoms with Gasteiger partial charge in [-0.15, -0.1) is 0 Å². The first-order chi connectivity index (χ1) is 16.7. The van der Waals surface area contributed by atoms with Crippen LogP contribution in [0.2, 0.25) is 5.15 Å². The Morgan fingerprint density at radius 3 is 2.44 bits per heavy atom. The van der Waals surface area contributed by atoms with Crippen molar-refractivity contribution in [2.24, 2.45) is 0 Å². The molecular formula is C24H29ClN6O3S2. The highest BCUT2D eigenvalue weighted by Crippen LogP contribution is 2.39. The van der Waals surface area contributed by atoms with Gasteiger partial charge in [0.1, 0.15) is 22.5 Å². The molecule has 4 rings (SSSR count). The Hall–Kier alpha value is -2.89. The van der Waals surface area contributed by atoms with Crippen LogP contribution in [0.4, 0.5) is 10.9 Å². The molecule has 0 unspecified atom stereocenters. The summed E-state index contributed by atoms with van der Waals surface area (Å²) >= 11 is 9.02. The number of amides is 2. The molecule has 0 bridgehead atoms. The number of nitrogens with one attached hydrogen (secondary N) is 1. The Bertz CT molecular complexity index is 1240. The molecule has 3 aromatic rings. The number of ether oxygens (including phenoxy) is 1. The van der Waals surface area contributed by atoms with Gasteiger partial charge in [-0.2, -0.15) is 0 Å². The highest BCUT2D eigenvalue weighted by molar-refractivity contribution is 8.01. The van der Waals surface area contributed by atoms with Gasteiger partial charge in [0.2, 0.25) is 5.91 Å². The minimum Gasteiger partial charge on any atom is -0.496 e. The summed E-state index contributed by atoms with van der Waals surface area (Å²) < 4.78 is 6.48. The van der Waals surface area contributed by atoms with E-state index in [0.29, 0.717) is 59.4 Å². The van der Waals surface area contributed by atoms with Gasteiger partial charge in [-0.25, -0.2) is 15.0 Å². The standard InChI is InChI=1S/C23H25ClN6O3S2.CH4/c1-13-9-17(33-4)16(22(32)30-7-5-29(6-8-30)15(3)31)10-18(13)34-21-12-25-23(35-21)28-20-11-19(24)26-14(2)27-20;/h9-12H,5-8H2,1-4H3,(H,25,26,27,28);1H4. The van der Waals surface area contributed by atoms with Gasteiger partial charge >= 0.3 is 0 Å². The lowest BCUT2D eigenvalue weighted by atomic mass is 10.1. The number of rotatable bonds is 6. The van der Waals surface area contributed by atoms with E-state index in [1.165, 1.54) is 23.1 Å². The first-order valence-electron chi connectivity index (χ1n) is 10.9. The van der Waals surface area contributed by atoms with Crippen LogP contribution >= 0.6 is 34.7 Å².